The predicted octanol–water partition coefficient (Wildman–Crippen LogP) is 3.58. The first-order chi connectivity index (χ1) is 11.1. The van der Waals surface area contributed by atoms with E-state index in [1.54, 1.807) is 29.8 Å². The number of thiazole rings is 1. The molecule has 1 aromatic carbocycles. The Morgan fingerprint density at radius 1 is 1.35 bits per heavy atom. The number of amides is 1. The Hall–Kier alpha value is -2.03. The van der Waals surface area contributed by atoms with E-state index in [2.05, 4.69) is 4.98 Å². The summed E-state index contributed by atoms with van der Waals surface area (Å²) in [5.74, 6) is 0.881. The van der Waals surface area contributed by atoms with Crippen molar-refractivity contribution in [2.24, 2.45) is 0 Å². The van der Waals surface area contributed by atoms with Crippen molar-refractivity contribution in [3.8, 4) is 11.5 Å². The van der Waals surface area contributed by atoms with Gasteiger partial charge in [-0.3, -0.25) is 10.2 Å². The monoisotopic (exact) mass is 365 g/mol. The number of hydrogen-bond acceptors (Lipinski definition) is 7. The van der Waals surface area contributed by atoms with Gasteiger partial charge in [0.1, 0.15) is 0 Å². The number of thioether (sulfide) groups is 1. The molecule has 0 unspecified atom stereocenters. The molecule has 23 heavy (non-hydrogen) atoms. The minimum absolute atomic E-state index is 0.119. The summed E-state index contributed by atoms with van der Waals surface area (Å²) in [5, 5.41) is 10.8. The summed E-state index contributed by atoms with van der Waals surface area (Å²) in [6, 6.07) is 3.38. The molecule has 0 bridgehead atoms. The van der Waals surface area contributed by atoms with E-state index in [0.29, 0.717) is 32.1 Å². The standard InChI is InChI=1S/C14H8ClN3O3S2/c15-8-5-10-9(20-6-21-10)3-7(8)4-11-12(19)18(13(16)23-11)14-17-1-2-22-14/h1-5,16H,6H2. The first-order valence-corrected chi connectivity index (χ1v) is 8.52. The number of hydrogen-bond donors (Lipinski definition) is 1. The molecule has 4 rings (SSSR count). The summed E-state index contributed by atoms with van der Waals surface area (Å²) in [6.45, 7) is 0.155. The minimum Gasteiger partial charge on any atom is -0.454 e. The summed E-state index contributed by atoms with van der Waals surface area (Å²) >= 11 is 8.61. The van der Waals surface area contributed by atoms with Crippen molar-refractivity contribution in [2.75, 3.05) is 11.7 Å². The summed E-state index contributed by atoms with van der Waals surface area (Å²) in [4.78, 5) is 18.3. The molecule has 0 saturated carbocycles. The largest absolute Gasteiger partial charge is 0.454 e. The number of nitrogens with one attached hydrogen (secondary N) is 1. The van der Waals surface area contributed by atoms with Gasteiger partial charge in [0.25, 0.3) is 5.91 Å². The lowest BCUT2D eigenvalue weighted by Crippen LogP contribution is -2.27. The maximum Gasteiger partial charge on any atom is 0.273 e. The van der Waals surface area contributed by atoms with Crippen LogP contribution in [0.2, 0.25) is 5.02 Å². The number of fused-ring (bicyclic) bond motifs is 1. The second-order valence-corrected chi connectivity index (χ2v) is 6.91. The van der Waals surface area contributed by atoms with Crippen LogP contribution in [0, 0.1) is 5.41 Å². The third-order valence-electron chi connectivity index (χ3n) is 3.21. The molecule has 116 valence electrons. The smallest absolute Gasteiger partial charge is 0.273 e. The molecule has 1 saturated heterocycles. The highest BCUT2D eigenvalue weighted by Gasteiger charge is 2.35. The van der Waals surface area contributed by atoms with Crippen LogP contribution < -0.4 is 14.4 Å². The molecular formula is C14H8ClN3O3S2. The summed E-state index contributed by atoms with van der Waals surface area (Å²) in [6.07, 6.45) is 3.25. The quantitative estimate of drug-likeness (QED) is 0.823. The van der Waals surface area contributed by atoms with E-state index in [1.165, 1.54) is 16.2 Å². The fourth-order valence-corrected chi connectivity index (χ4v) is 3.92. The van der Waals surface area contributed by atoms with E-state index < -0.39 is 0 Å². The van der Waals surface area contributed by atoms with Crippen LogP contribution in [0.4, 0.5) is 5.13 Å². The molecule has 2 aromatic rings. The molecule has 3 heterocycles. The fourth-order valence-electron chi connectivity index (χ4n) is 2.17. The van der Waals surface area contributed by atoms with Crippen LogP contribution in [0.25, 0.3) is 6.08 Å². The molecule has 2 aliphatic rings. The number of halogens is 1. The van der Waals surface area contributed by atoms with Crippen LogP contribution in [0.3, 0.4) is 0 Å². The zero-order chi connectivity index (χ0) is 16.0. The third kappa shape index (κ3) is 2.48. The molecule has 0 radical (unpaired) electrons. The molecule has 0 atom stereocenters. The van der Waals surface area contributed by atoms with Crippen LogP contribution in [-0.4, -0.2) is 22.9 Å². The summed E-state index contributed by atoms with van der Waals surface area (Å²) in [7, 11) is 0. The van der Waals surface area contributed by atoms with Gasteiger partial charge in [-0.1, -0.05) is 11.6 Å². The fraction of sp³-hybridized carbons (Fsp3) is 0.0714. The van der Waals surface area contributed by atoms with Crippen molar-refractivity contribution in [3.63, 3.8) is 0 Å². The van der Waals surface area contributed by atoms with Gasteiger partial charge >= 0.3 is 0 Å². The highest BCUT2D eigenvalue weighted by Crippen LogP contribution is 2.40. The highest BCUT2D eigenvalue weighted by molar-refractivity contribution is 8.19. The van der Waals surface area contributed by atoms with Crippen molar-refractivity contribution < 1.29 is 14.3 Å². The Bertz CT molecular complexity index is 851. The average molecular weight is 366 g/mol. The zero-order valence-electron chi connectivity index (χ0n) is 11.4. The van der Waals surface area contributed by atoms with Crippen molar-refractivity contribution in [2.45, 2.75) is 0 Å². The van der Waals surface area contributed by atoms with Gasteiger partial charge in [-0.2, -0.15) is 0 Å². The topological polar surface area (TPSA) is 75.5 Å². The molecule has 6 nitrogen and oxygen atoms in total. The van der Waals surface area contributed by atoms with E-state index in [1.807, 2.05) is 0 Å². The molecule has 0 spiro atoms. The lowest BCUT2D eigenvalue weighted by atomic mass is 10.2. The number of ether oxygens (including phenoxy) is 2. The SMILES string of the molecule is N=C1SC(=Cc2cc3c(cc2Cl)OCO3)C(=O)N1c1nccs1. The van der Waals surface area contributed by atoms with Crippen LogP contribution in [0.15, 0.2) is 28.6 Å². The number of aromatic nitrogens is 1. The molecule has 1 amide bonds. The molecule has 1 N–H and O–H groups in total. The van der Waals surface area contributed by atoms with E-state index in [4.69, 9.17) is 26.5 Å². The Morgan fingerprint density at radius 3 is 2.87 bits per heavy atom. The Kier molecular flexibility index (Phi) is 3.51. The highest BCUT2D eigenvalue weighted by atomic mass is 35.5. The van der Waals surface area contributed by atoms with Gasteiger partial charge in [0.15, 0.2) is 21.8 Å². The van der Waals surface area contributed by atoms with Gasteiger partial charge < -0.3 is 9.47 Å². The lowest BCUT2D eigenvalue weighted by molar-refractivity contribution is -0.113. The first kappa shape index (κ1) is 14.6. The number of amidine groups is 1. The summed E-state index contributed by atoms with van der Waals surface area (Å²) in [5.41, 5.74) is 0.639. The molecule has 1 aromatic heterocycles. The van der Waals surface area contributed by atoms with Gasteiger partial charge in [-0.05, 0) is 29.5 Å². The van der Waals surface area contributed by atoms with Gasteiger partial charge in [-0.25, -0.2) is 9.88 Å². The second-order valence-electron chi connectivity index (χ2n) is 4.60. The Labute approximate surface area is 144 Å². The van der Waals surface area contributed by atoms with Crippen molar-refractivity contribution in [1.82, 2.24) is 4.98 Å². The Morgan fingerprint density at radius 2 is 2.13 bits per heavy atom. The van der Waals surface area contributed by atoms with Crippen molar-refractivity contribution in [1.29, 1.82) is 5.41 Å². The number of nitrogens with zero attached hydrogens (tertiary/aromatic N) is 2. The lowest BCUT2D eigenvalue weighted by Gasteiger charge is -2.09. The van der Waals surface area contributed by atoms with Gasteiger partial charge in [0, 0.05) is 17.6 Å². The summed E-state index contributed by atoms with van der Waals surface area (Å²) < 4.78 is 10.6. The molecule has 1 fully saturated rings. The number of rotatable bonds is 2. The normalized spacial score (nSPS) is 18.3. The second kappa shape index (κ2) is 5.55. The maximum absolute atomic E-state index is 12.5. The van der Waals surface area contributed by atoms with Crippen LogP contribution in [0.1, 0.15) is 5.56 Å². The number of carbonyl (C=O) groups is 1. The van der Waals surface area contributed by atoms with Crippen molar-refractivity contribution >= 4 is 57.0 Å². The zero-order valence-corrected chi connectivity index (χ0v) is 13.8. The van der Waals surface area contributed by atoms with Crippen molar-refractivity contribution in [3.05, 3.63) is 39.2 Å². The minimum atomic E-state index is -0.288. The van der Waals surface area contributed by atoms with E-state index >= 15 is 0 Å². The van der Waals surface area contributed by atoms with Gasteiger partial charge in [-0.15, -0.1) is 11.3 Å². The predicted molar refractivity (Wildman–Crippen MR) is 90.5 cm³/mol. The van der Waals surface area contributed by atoms with Crippen LogP contribution >= 0.6 is 34.7 Å². The average Bonchev–Trinajstić information content (AvgIpc) is 3.22. The van der Waals surface area contributed by atoms with Gasteiger partial charge in [0.2, 0.25) is 6.79 Å². The molecular weight excluding hydrogens is 358 g/mol. The van der Waals surface area contributed by atoms with E-state index in [-0.39, 0.29) is 17.9 Å². The number of carbonyl (C=O) groups excluding carboxylic acids is 1. The van der Waals surface area contributed by atoms with E-state index in [0.717, 1.165) is 11.8 Å². The first-order valence-electron chi connectivity index (χ1n) is 6.44. The number of anilines is 1. The van der Waals surface area contributed by atoms with E-state index in [9.17, 15) is 4.79 Å². The number of benzene rings is 1. The molecule has 9 heteroatoms. The van der Waals surface area contributed by atoms with Crippen LogP contribution in [0.5, 0.6) is 11.5 Å². The molecule has 2 aliphatic heterocycles. The maximum atomic E-state index is 12.5. The van der Waals surface area contributed by atoms with Gasteiger partial charge in [0.05, 0.1) is 9.93 Å². The third-order valence-corrected chi connectivity index (χ3v) is 5.18. The molecule has 0 aliphatic carbocycles. The Balaban J connectivity index is 1.70. The van der Waals surface area contributed by atoms with Crippen LogP contribution in [-0.2, 0) is 4.79 Å².